The molecular weight excluding hydrogens is 412 g/mol. The Morgan fingerprint density at radius 2 is 1.97 bits per heavy atom. The molecule has 0 spiro atoms. The van der Waals surface area contributed by atoms with E-state index < -0.39 is 6.04 Å². The molecule has 2 aromatic heterocycles. The highest BCUT2D eigenvalue weighted by molar-refractivity contribution is 7.19. The van der Waals surface area contributed by atoms with Crippen LogP contribution in [0.25, 0.3) is 10.2 Å². The summed E-state index contributed by atoms with van der Waals surface area (Å²) in [5.41, 5.74) is 1.44. The van der Waals surface area contributed by atoms with Gasteiger partial charge >= 0.3 is 5.97 Å². The van der Waals surface area contributed by atoms with E-state index in [0.29, 0.717) is 12.3 Å². The summed E-state index contributed by atoms with van der Waals surface area (Å²) in [5.74, 6) is 0.810. The maximum absolute atomic E-state index is 12.9. The zero-order valence-corrected chi connectivity index (χ0v) is 19.5. The molecule has 7 nitrogen and oxygen atoms in total. The summed E-state index contributed by atoms with van der Waals surface area (Å²) in [6, 6.07) is -0.575. The topological polar surface area (TPSA) is 84.4 Å². The average molecular weight is 445 g/mol. The fourth-order valence-electron chi connectivity index (χ4n) is 4.78. The molecule has 1 aliphatic carbocycles. The molecule has 1 saturated heterocycles. The summed E-state index contributed by atoms with van der Waals surface area (Å²) in [6.07, 6.45) is 8.50. The molecule has 0 bridgehead atoms. The minimum absolute atomic E-state index is 0.0450. The number of rotatable bonds is 6. The van der Waals surface area contributed by atoms with Crippen LogP contribution in [0, 0.1) is 11.8 Å². The zero-order valence-electron chi connectivity index (χ0n) is 18.6. The van der Waals surface area contributed by atoms with Crippen LogP contribution < -0.4 is 10.2 Å². The molecule has 8 heteroatoms. The molecule has 168 valence electrons. The number of piperidine rings is 1. The molecule has 2 aromatic rings. The van der Waals surface area contributed by atoms with E-state index >= 15 is 0 Å². The molecule has 4 rings (SSSR count). The van der Waals surface area contributed by atoms with Crippen molar-refractivity contribution >= 4 is 39.2 Å². The van der Waals surface area contributed by atoms with Gasteiger partial charge in [-0.1, -0.05) is 13.8 Å². The van der Waals surface area contributed by atoms with Crippen molar-refractivity contribution < 1.29 is 14.3 Å². The number of methoxy groups -OCH3 is 1. The summed E-state index contributed by atoms with van der Waals surface area (Å²) < 4.78 is 4.88. The van der Waals surface area contributed by atoms with E-state index in [-0.39, 0.29) is 17.8 Å². The lowest BCUT2D eigenvalue weighted by atomic mass is 9.93. The number of aryl methyl sites for hydroxylation is 2. The quantitative estimate of drug-likeness (QED) is 0.687. The highest BCUT2D eigenvalue weighted by Crippen LogP contribution is 2.40. The van der Waals surface area contributed by atoms with E-state index in [1.54, 1.807) is 6.33 Å². The third-order valence-electron chi connectivity index (χ3n) is 6.41. The fraction of sp³-hybridized carbons (Fsp3) is 0.652. The van der Waals surface area contributed by atoms with Crippen molar-refractivity contribution in [3.63, 3.8) is 0 Å². The molecule has 0 aromatic carbocycles. The Balaban J connectivity index is 1.44. The van der Waals surface area contributed by atoms with Crippen LogP contribution in [0.15, 0.2) is 6.33 Å². The van der Waals surface area contributed by atoms with Gasteiger partial charge in [0, 0.05) is 23.9 Å². The van der Waals surface area contributed by atoms with Crippen LogP contribution in [0.1, 0.15) is 56.4 Å². The Hall–Kier alpha value is -2.22. The van der Waals surface area contributed by atoms with Crippen LogP contribution in [-0.4, -0.2) is 48.1 Å². The maximum atomic E-state index is 12.9. The number of anilines is 1. The summed E-state index contributed by atoms with van der Waals surface area (Å²) in [4.78, 5) is 39.0. The van der Waals surface area contributed by atoms with E-state index in [1.807, 2.05) is 25.2 Å². The summed E-state index contributed by atoms with van der Waals surface area (Å²) in [6.45, 7) is 5.63. The molecule has 1 amide bonds. The second-order valence-corrected chi connectivity index (χ2v) is 10.1. The number of nitrogens with zero attached hydrogens (tertiary/aromatic N) is 3. The van der Waals surface area contributed by atoms with Gasteiger partial charge in [-0.15, -0.1) is 11.3 Å². The largest absolute Gasteiger partial charge is 0.467 e. The van der Waals surface area contributed by atoms with Crippen LogP contribution >= 0.6 is 11.3 Å². The Bertz CT molecular complexity index is 950. The van der Waals surface area contributed by atoms with E-state index in [9.17, 15) is 9.59 Å². The Morgan fingerprint density at radius 1 is 1.23 bits per heavy atom. The number of hydrogen-bond donors (Lipinski definition) is 1. The van der Waals surface area contributed by atoms with Gasteiger partial charge in [-0.2, -0.15) is 0 Å². The minimum Gasteiger partial charge on any atom is -0.467 e. The molecule has 0 unspecified atom stereocenters. The van der Waals surface area contributed by atoms with Crippen LogP contribution in [0.2, 0.25) is 0 Å². The molecule has 1 fully saturated rings. The lowest BCUT2D eigenvalue weighted by molar-refractivity contribution is -0.146. The van der Waals surface area contributed by atoms with Crippen LogP contribution in [0.3, 0.4) is 0 Å². The van der Waals surface area contributed by atoms with Gasteiger partial charge in [0.15, 0.2) is 0 Å². The van der Waals surface area contributed by atoms with Gasteiger partial charge in [-0.05, 0) is 56.4 Å². The van der Waals surface area contributed by atoms with E-state index in [0.717, 1.165) is 49.4 Å². The van der Waals surface area contributed by atoms with E-state index in [2.05, 4.69) is 20.2 Å². The van der Waals surface area contributed by atoms with Crippen molar-refractivity contribution in [2.75, 3.05) is 25.1 Å². The number of aromatic nitrogens is 2. The lowest BCUT2D eigenvalue weighted by Gasteiger charge is -2.33. The Labute approximate surface area is 187 Å². The molecule has 3 heterocycles. The molecular formula is C23H32N4O3S. The van der Waals surface area contributed by atoms with Crippen molar-refractivity contribution in [3.05, 3.63) is 16.8 Å². The fourth-order valence-corrected chi connectivity index (χ4v) is 6.01. The zero-order chi connectivity index (χ0) is 22.0. The summed E-state index contributed by atoms with van der Waals surface area (Å²) in [7, 11) is 1.37. The predicted molar refractivity (Wildman–Crippen MR) is 122 cm³/mol. The first-order chi connectivity index (χ1) is 15.0. The monoisotopic (exact) mass is 444 g/mol. The maximum Gasteiger partial charge on any atom is 0.328 e. The van der Waals surface area contributed by atoms with Gasteiger partial charge in [-0.3, -0.25) is 4.79 Å². The number of esters is 1. The number of carbonyl (C=O) groups is 2. The minimum atomic E-state index is -0.575. The average Bonchev–Trinajstić information content (AvgIpc) is 3.16. The van der Waals surface area contributed by atoms with Crippen molar-refractivity contribution in [2.24, 2.45) is 11.8 Å². The highest BCUT2D eigenvalue weighted by Gasteiger charge is 2.31. The number of ether oxygens (including phenoxy) is 1. The first-order valence-electron chi connectivity index (χ1n) is 11.4. The molecule has 1 N–H and O–H groups in total. The molecule has 2 aliphatic rings. The Kier molecular flexibility index (Phi) is 6.74. The predicted octanol–water partition coefficient (Wildman–Crippen LogP) is 3.49. The normalized spacial score (nSPS) is 18.1. The summed E-state index contributed by atoms with van der Waals surface area (Å²) in [5, 5.41) is 4.16. The number of fused-ring (bicyclic) bond motifs is 3. The van der Waals surface area contributed by atoms with Gasteiger partial charge in [-0.25, -0.2) is 14.8 Å². The Morgan fingerprint density at radius 3 is 2.68 bits per heavy atom. The van der Waals surface area contributed by atoms with Crippen molar-refractivity contribution in [1.82, 2.24) is 15.3 Å². The molecule has 31 heavy (non-hydrogen) atoms. The number of hydrogen-bond acceptors (Lipinski definition) is 7. The lowest BCUT2D eigenvalue weighted by Crippen LogP contribution is -2.47. The van der Waals surface area contributed by atoms with Gasteiger partial charge in [0.25, 0.3) is 0 Å². The van der Waals surface area contributed by atoms with Gasteiger partial charge in [0.2, 0.25) is 5.91 Å². The second kappa shape index (κ2) is 9.51. The third-order valence-corrected chi connectivity index (χ3v) is 7.61. The SMILES string of the molecule is COC(=O)[C@@H](CC(C)C)NC(=O)C1CCN(c2ncnc3sc4c(c23)CCCC4)CC1. The van der Waals surface area contributed by atoms with Crippen molar-refractivity contribution in [3.8, 4) is 0 Å². The highest BCUT2D eigenvalue weighted by atomic mass is 32.1. The molecule has 1 atom stereocenters. The first-order valence-corrected chi connectivity index (χ1v) is 12.2. The number of amides is 1. The first kappa shape index (κ1) is 22.0. The molecule has 1 aliphatic heterocycles. The number of thiophene rings is 1. The molecule has 0 saturated carbocycles. The van der Waals surface area contributed by atoms with E-state index in [4.69, 9.17) is 4.74 Å². The smallest absolute Gasteiger partial charge is 0.328 e. The van der Waals surface area contributed by atoms with Gasteiger partial charge < -0.3 is 15.0 Å². The standard InChI is InChI=1S/C23H32N4O3S/c1-14(2)12-17(23(29)30-3)26-21(28)15-8-10-27(11-9-15)20-19-16-6-4-5-7-18(16)31-22(19)25-13-24-20/h13-15,17H,4-12H2,1-3H3,(H,26,28)/t17-/m1/s1. The van der Waals surface area contributed by atoms with Crippen LogP contribution in [0.5, 0.6) is 0 Å². The van der Waals surface area contributed by atoms with Crippen LogP contribution in [0.4, 0.5) is 5.82 Å². The van der Waals surface area contributed by atoms with Gasteiger partial charge in [0.05, 0.1) is 12.5 Å². The van der Waals surface area contributed by atoms with E-state index in [1.165, 1.54) is 35.8 Å². The number of nitrogens with one attached hydrogen (secondary N) is 1. The molecule has 0 radical (unpaired) electrons. The van der Waals surface area contributed by atoms with Crippen LogP contribution in [-0.2, 0) is 27.2 Å². The third kappa shape index (κ3) is 4.68. The van der Waals surface area contributed by atoms with Crippen molar-refractivity contribution in [2.45, 2.75) is 64.8 Å². The second-order valence-electron chi connectivity index (χ2n) is 9.06. The van der Waals surface area contributed by atoms with Gasteiger partial charge in [0.1, 0.15) is 23.0 Å². The summed E-state index contributed by atoms with van der Waals surface area (Å²) >= 11 is 1.81. The van der Waals surface area contributed by atoms with Crippen molar-refractivity contribution in [1.29, 1.82) is 0 Å². The number of carbonyl (C=O) groups excluding carboxylic acids is 2.